The summed E-state index contributed by atoms with van der Waals surface area (Å²) in [5.41, 5.74) is 0. The zero-order chi connectivity index (χ0) is 14.6. The SMILES string of the molecule is CC(CCCNS(=O)(=O)c1cc(Cl)sc1Cl)C(=O)O. The van der Waals surface area contributed by atoms with Crippen molar-refractivity contribution < 1.29 is 18.3 Å². The normalized spacial score (nSPS) is 13.4. The molecule has 1 unspecified atom stereocenters. The van der Waals surface area contributed by atoms with Gasteiger partial charge in [-0.1, -0.05) is 30.1 Å². The zero-order valence-electron chi connectivity index (χ0n) is 10.0. The summed E-state index contributed by atoms with van der Waals surface area (Å²) in [5.74, 6) is -1.39. The molecule has 1 heterocycles. The molecule has 1 atom stereocenters. The van der Waals surface area contributed by atoms with E-state index in [-0.39, 0.29) is 15.8 Å². The largest absolute Gasteiger partial charge is 0.481 e. The number of thiophene rings is 1. The first-order valence-corrected chi connectivity index (χ1v) is 8.47. The van der Waals surface area contributed by atoms with Crippen LogP contribution in [0, 0.1) is 5.92 Å². The predicted octanol–water partition coefficient (Wildman–Crippen LogP) is 2.83. The molecular formula is C10H13Cl2NO4S2. The van der Waals surface area contributed by atoms with Gasteiger partial charge >= 0.3 is 5.97 Å². The third kappa shape index (κ3) is 4.92. The van der Waals surface area contributed by atoms with Crippen molar-refractivity contribution in [1.82, 2.24) is 4.72 Å². The molecule has 0 radical (unpaired) electrons. The van der Waals surface area contributed by atoms with Gasteiger partial charge in [-0.25, -0.2) is 13.1 Å². The fourth-order valence-electron chi connectivity index (χ4n) is 1.32. The molecule has 0 saturated heterocycles. The molecule has 1 aromatic heterocycles. The predicted molar refractivity (Wildman–Crippen MR) is 75.6 cm³/mol. The van der Waals surface area contributed by atoms with Gasteiger partial charge in [0.2, 0.25) is 10.0 Å². The summed E-state index contributed by atoms with van der Waals surface area (Å²) in [7, 11) is -3.69. The maximum atomic E-state index is 11.9. The van der Waals surface area contributed by atoms with Crippen molar-refractivity contribution in [2.75, 3.05) is 6.54 Å². The number of carbonyl (C=O) groups is 1. The summed E-state index contributed by atoms with van der Waals surface area (Å²) < 4.78 is 26.5. The molecule has 0 amide bonds. The number of carboxylic acids is 1. The number of nitrogens with one attached hydrogen (secondary N) is 1. The fourth-order valence-corrected chi connectivity index (χ4v) is 4.55. The van der Waals surface area contributed by atoms with Gasteiger partial charge in [-0.2, -0.15) is 0 Å². The van der Waals surface area contributed by atoms with Gasteiger partial charge in [-0.05, 0) is 18.9 Å². The van der Waals surface area contributed by atoms with Crippen molar-refractivity contribution in [3.8, 4) is 0 Å². The van der Waals surface area contributed by atoms with Crippen LogP contribution in [0.4, 0.5) is 0 Å². The quantitative estimate of drug-likeness (QED) is 0.744. The van der Waals surface area contributed by atoms with Crippen LogP contribution in [0.1, 0.15) is 19.8 Å². The number of hydrogen-bond donors (Lipinski definition) is 2. The standard InChI is InChI=1S/C10H13Cl2NO4S2/c1-6(10(14)15)3-2-4-13-19(16,17)7-5-8(11)18-9(7)12/h5-6,13H,2-4H2,1H3,(H,14,15). The van der Waals surface area contributed by atoms with E-state index in [1.54, 1.807) is 6.92 Å². The maximum absolute atomic E-state index is 11.9. The smallest absolute Gasteiger partial charge is 0.306 e. The highest BCUT2D eigenvalue weighted by Crippen LogP contribution is 2.34. The molecule has 2 N–H and O–H groups in total. The minimum absolute atomic E-state index is 0.0459. The molecule has 19 heavy (non-hydrogen) atoms. The lowest BCUT2D eigenvalue weighted by Gasteiger charge is -2.07. The van der Waals surface area contributed by atoms with Crippen molar-refractivity contribution >= 4 is 50.5 Å². The minimum Gasteiger partial charge on any atom is -0.481 e. The Balaban J connectivity index is 2.53. The van der Waals surface area contributed by atoms with Crippen LogP contribution in [-0.2, 0) is 14.8 Å². The second-order valence-corrected chi connectivity index (χ2v) is 7.99. The Bertz CT molecular complexity index is 556. The van der Waals surface area contributed by atoms with Gasteiger partial charge in [0.25, 0.3) is 0 Å². The summed E-state index contributed by atoms with van der Waals surface area (Å²) in [6.45, 7) is 1.73. The summed E-state index contributed by atoms with van der Waals surface area (Å²) >= 11 is 12.4. The van der Waals surface area contributed by atoms with E-state index in [1.807, 2.05) is 0 Å². The Morgan fingerprint density at radius 1 is 1.53 bits per heavy atom. The lowest BCUT2D eigenvalue weighted by molar-refractivity contribution is -0.141. The molecule has 0 saturated carbocycles. The molecule has 5 nitrogen and oxygen atoms in total. The molecule has 9 heteroatoms. The van der Waals surface area contributed by atoms with Crippen LogP contribution in [0.3, 0.4) is 0 Å². The molecule has 108 valence electrons. The van der Waals surface area contributed by atoms with Crippen molar-refractivity contribution in [3.63, 3.8) is 0 Å². The van der Waals surface area contributed by atoms with Crippen LogP contribution in [0.25, 0.3) is 0 Å². The van der Waals surface area contributed by atoms with Crippen LogP contribution in [0.15, 0.2) is 11.0 Å². The number of rotatable bonds is 7. The Morgan fingerprint density at radius 3 is 2.63 bits per heavy atom. The zero-order valence-corrected chi connectivity index (χ0v) is 13.2. The number of aliphatic carboxylic acids is 1. The van der Waals surface area contributed by atoms with Gasteiger partial charge in [-0.3, -0.25) is 4.79 Å². The first kappa shape index (κ1) is 16.7. The van der Waals surface area contributed by atoms with Crippen LogP contribution in [-0.4, -0.2) is 26.0 Å². The lowest BCUT2D eigenvalue weighted by Crippen LogP contribution is -2.25. The first-order chi connectivity index (χ1) is 8.74. The fraction of sp³-hybridized carbons (Fsp3) is 0.500. The second kappa shape index (κ2) is 6.90. The number of carboxylic acid groups (broad SMARTS) is 1. The third-order valence-corrected chi connectivity index (χ3v) is 5.66. The molecule has 0 fully saturated rings. The Kier molecular flexibility index (Phi) is 6.07. The van der Waals surface area contributed by atoms with E-state index in [4.69, 9.17) is 28.3 Å². The van der Waals surface area contributed by atoms with Crippen LogP contribution in [0.5, 0.6) is 0 Å². The number of halogens is 2. The van der Waals surface area contributed by atoms with Gasteiger partial charge in [0.15, 0.2) is 0 Å². The molecule has 0 aliphatic rings. The molecule has 1 rings (SSSR count). The van der Waals surface area contributed by atoms with Gasteiger partial charge < -0.3 is 5.11 Å². The molecule has 0 aliphatic carbocycles. The molecule has 0 spiro atoms. The summed E-state index contributed by atoms with van der Waals surface area (Å²) in [5, 5.41) is 8.69. The molecule has 0 bridgehead atoms. The van der Waals surface area contributed by atoms with E-state index in [0.717, 1.165) is 11.3 Å². The Labute approximate surface area is 125 Å². The molecule has 1 aromatic rings. The highest BCUT2D eigenvalue weighted by molar-refractivity contribution is 7.89. The highest BCUT2D eigenvalue weighted by Gasteiger charge is 2.20. The van der Waals surface area contributed by atoms with Gasteiger partial charge in [0.05, 0.1) is 10.3 Å². The van der Waals surface area contributed by atoms with E-state index in [1.165, 1.54) is 6.07 Å². The molecular weight excluding hydrogens is 333 g/mol. The summed E-state index contributed by atoms with van der Waals surface area (Å²) in [6.07, 6.45) is 0.832. The van der Waals surface area contributed by atoms with E-state index in [0.29, 0.717) is 17.2 Å². The van der Waals surface area contributed by atoms with Crippen molar-refractivity contribution in [3.05, 3.63) is 14.7 Å². The average molecular weight is 346 g/mol. The Hall–Kier alpha value is -0.340. The summed E-state index contributed by atoms with van der Waals surface area (Å²) in [6, 6.07) is 1.29. The minimum atomic E-state index is -3.69. The van der Waals surface area contributed by atoms with E-state index >= 15 is 0 Å². The van der Waals surface area contributed by atoms with Crippen LogP contribution in [0.2, 0.25) is 8.67 Å². The molecule has 0 aliphatic heterocycles. The maximum Gasteiger partial charge on any atom is 0.306 e. The van der Waals surface area contributed by atoms with Crippen molar-refractivity contribution in [2.24, 2.45) is 5.92 Å². The Morgan fingerprint density at radius 2 is 2.16 bits per heavy atom. The van der Waals surface area contributed by atoms with Gasteiger partial charge in [0.1, 0.15) is 9.23 Å². The van der Waals surface area contributed by atoms with Crippen molar-refractivity contribution in [2.45, 2.75) is 24.7 Å². The third-order valence-electron chi connectivity index (χ3n) is 2.44. The first-order valence-electron chi connectivity index (χ1n) is 5.41. The second-order valence-electron chi connectivity index (χ2n) is 3.97. The average Bonchev–Trinajstić information content (AvgIpc) is 2.64. The van der Waals surface area contributed by atoms with E-state index in [2.05, 4.69) is 4.72 Å². The monoisotopic (exact) mass is 345 g/mol. The number of sulfonamides is 1. The number of hydrogen-bond acceptors (Lipinski definition) is 4. The van der Waals surface area contributed by atoms with Crippen LogP contribution < -0.4 is 4.72 Å². The highest BCUT2D eigenvalue weighted by atomic mass is 35.5. The molecule has 0 aromatic carbocycles. The van der Waals surface area contributed by atoms with Crippen LogP contribution >= 0.6 is 34.5 Å². The topological polar surface area (TPSA) is 83.5 Å². The van der Waals surface area contributed by atoms with E-state index < -0.39 is 21.9 Å². The summed E-state index contributed by atoms with van der Waals surface area (Å²) in [4.78, 5) is 10.5. The van der Waals surface area contributed by atoms with Gasteiger partial charge in [0, 0.05) is 6.54 Å². The lowest BCUT2D eigenvalue weighted by atomic mass is 10.1. The van der Waals surface area contributed by atoms with Gasteiger partial charge in [-0.15, -0.1) is 11.3 Å². The van der Waals surface area contributed by atoms with Crippen molar-refractivity contribution in [1.29, 1.82) is 0 Å². The van der Waals surface area contributed by atoms with E-state index in [9.17, 15) is 13.2 Å².